The second kappa shape index (κ2) is 8.22. The van der Waals surface area contributed by atoms with Crippen LogP contribution in [0.1, 0.15) is 34.0 Å². The number of fused-ring (bicyclic) bond motifs is 1. The number of halogens is 3. The number of ether oxygens (including phenoxy) is 3. The number of carbonyl (C=O) groups excluding carboxylic acids is 1. The molecule has 0 bridgehead atoms. The average molecular weight is 398 g/mol. The molecular weight excluding hydrogens is 381 g/mol. The van der Waals surface area contributed by atoms with E-state index in [1.165, 1.54) is 17.8 Å². The molecular formula is C19H17F3O4S. The van der Waals surface area contributed by atoms with Gasteiger partial charge in [0.25, 0.3) is 0 Å². The number of thioether (sulfide) groups is 1. The van der Waals surface area contributed by atoms with Crippen LogP contribution in [-0.2, 0) is 28.0 Å². The minimum Gasteiger partial charge on any atom is -0.467 e. The van der Waals surface area contributed by atoms with Crippen molar-refractivity contribution in [2.24, 2.45) is 0 Å². The monoisotopic (exact) mass is 398 g/mol. The second-order valence-corrected chi connectivity index (χ2v) is 6.82. The summed E-state index contributed by atoms with van der Waals surface area (Å²) in [7, 11) is 0. The topological polar surface area (TPSA) is 44.8 Å². The fourth-order valence-corrected chi connectivity index (χ4v) is 3.58. The van der Waals surface area contributed by atoms with Crippen LogP contribution >= 0.6 is 11.8 Å². The molecule has 0 fully saturated rings. The van der Waals surface area contributed by atoms with E-state index in [0.29, 0.717) is 39.7 Å². The standard InChI is InChI=1S/C19H17F3O4S/c1-2-25-18(23)12-6-13-9-24-11-26-17(13)14(7-12)10-27-16-5-3-4-15(8-16)19(20,21)22/h3-8H,2,9-11H2,1H3. The molecule has 0 saturated heterocycles. The highest BCUT2D eigenvalue weighted by atomic mass is 32.2. The molecule has 0 amide bonds. The number of hydrogen-bond donors (Lipinski definition) is 0. The first-order valence-electron chi connectivity index (χ1n) is 8.22. The third-order valence-electron chi connectivity index (χ3n) is 3.85. The number of benzene rings is 2. The maximum Gasteiger partial charge on any atom is 0.416 e. The van der Waals surface area contributed by atoms with E-state index >= 15 is 0 Å². The Morgan fingerprint density at radius 3 is 2.81 bits per heavy atom. The summed E-state index contributed by atoms with van der Waals surface area (Å²) in [6.07, 6.45) is -4.39. The highest BCUT2D eigenvalue weighted by molar-refractivity contribution is 7.98. The SMILES string of the molecule is CCOC(=O)c1cc2c(c(CSc3cccc(C(F)(F)F)c3)c1)OCOC2. The molecule has 0 atom stereocenters. The first kappa shape index (κ1) is 19.6. The van der Waals surface area contributed by atoms with Gasteiger partial charge in [-0.15, -0.1) is 11.8 Å². The van der Waals surface area contributed by atoms with E-state index < -0.39 is 17.7 Å². The molecule has 4 nitrogen and oxygen atoms in total. The highest BCUT2D eigenvalue weighted by Crippen LogP contribution is 2.36. The van der Waals surface area contributed by atoms with Crippen LogP contribution in [0.3, 0.4) is 0 Å². The first-order chi connectivity index (χ1) is 12.9. The third kappa shape index (κ3) is 4.75. The summed E-state index contributed by atoms with van der Waals surface area (Å²) in [4.78, 5) is 12.6. The van der Waals surface area contributed by atoms with Crippen molar-refractivity contribution < 1.29 is 32.2 Å². The second-order valence-electron chi connectivity index (χ2n) is 5.77. The van der Waals surface area contributed by atoms with Crippen molar-refractivity contribution in [1.82, 2.24) is 0 Å². The number of esters is 1. The number of hydrogen-bond acceptors (Lipinski definition) is 5. The van der Waals surface area contributed by atoms with Crippen LogP contribution in [0.4, 0.5) is 13.2 Å². The number of carbonyl (C=O) groups is 1. The van der Waals surface area contributed by atoms with E-state index in [4.69, 9.17) is 14.2 Å². The molecule has 0 radical (unpaired) electrons. The minimum absolute atomic E-state index is 0.0903. The van der Waals surface area contributed by atoms with Crippen molar-refractivity contribution in [3.05, 3.63) is 58.7 Å². The van der Waals surface area contributed by atoms with Gasteiger partial charge in [0, 0.05) is 21.8 Å². The summed E-state index contributed by atoms with van der Waals surface area (Å²) in [5, 5.41) is 0. The van der Waals surface area contributed by atoms with E-state index in [2.05, 4.69) is 0 Å². The van der Waals surface area contributed by atoms with Gasteiger partial charge >= 0.3 is 12.1 Å². The Hall–Kier alpha value is -2.19. The fourth-order valence-electron chi connectivity index (χ4n) is 2.66. The van der Waals surface area contributed by atoms with Crippen LogP contribution < -0.4 is 4.74 Å². The Balaban J connectivity index is 1.85. The Bertz CT molecular complexity index is 836. The van der Waals surface area contributed by atoms with E-state index in [1.807, 2.05) is 0 Å². The summed E-state index contributed by atoms with van der Waals surface area (Å²) in [5.74, 6) is 0.488. The Labute approximate surface area is 158 Å². The van der Waals surface area contributed by atoms with Gasteiger partial charge in [-0.2, -0.15) is 13.2 Å². The third-order valence-corrected chi connectivity index (χ3v) is 4.90. The van der Waals surface area contributed by atoms with Gasteiger partial charge in [-0.05, 0) is 37.3 Å². The molecule has 0 unspecified atom stereocenters. The lowest BCUT2D eigenvalue weighted by Crippen LogP contribution is -2.15. The maximum absolute atomic E-state index is 12.9. The molecule has 0 aliphatic carbocycles. The van der Waals surface area contributed by atoms with Crippen molar-refractivity contribution in [2.75, 3.05) is 13.4 Å². The fraction of sp³-hybridized carbons (Fsp3) is 0.316. The van der Waals surface area contributed by atoms with Gasteiger partial charge < -0.3 is 14.2 Å². The molecule has 0 spiro atoms. The largest absolute Gasteiger partial charge is 0.467 e. The molecule has 0 N–H and O–H groups in total. The molecule has 27 heavy (non-hydrogen) atoms. The summed E-state index contributed by atoms with van der Waals surface area (Å²) < 4.78 is 54.5. The molecule has 0 aromatic heterocycles. The van der Waals surface area contributed by atoms with Gasteiger partial charge in [0.15, 0.2) is 6.79 Å². The smallest absolute Gasteiger partial charge is 0.416 e. The van der Waals surface area contributed by atoms with Crippen LogP contribution in [0.25, 0.3) is 0 Å². The zero-order valence-electron chi connectivity index (χ0n) is 14.5. The normalized spacial score (nSPS) is 13.6. The van der Waals surface area contributed by atoms with Gasteiger partial charge in [-0.1, -0.05) is 6.07 Å². The molecule has 0 saturated carbocycles. The quantitative estimate of drug-likeness (QED) is 0.522. The van der Waals surface area contributed by atoms with Crippen LogP contribution in [0.2, 0.25) is 0 Å². The molecule has 8 heteroatoms. The van der Waals surface area contributed by atoms with E-state index in [9.17, 15) is 18.0 Å². The van der Waals surface area contributed by atoms with Gasteiger partial charge in [0.1, 0.15) is 5.75 Å². The summed E-state index contributed by atoms with van der Waals surface area (Å²) in [6.45, 7) is 2.35. The van der Waals surface area contributed by atoms with Crippen molar-refractivity contribution in [3.63, 3.8) is 0 Å². The van der Waals surface area contributed by atoms with Crippen molar-refractivity contribution in [1.29, 1.82) is 0 Å². The van der Waals surface area contributed by atoms with Gasteiger partial charge in [0.05, 0.1) is 24.3 Å². The average Bonchev–Trinajstić information content (AvgIpc) is 2.65. The highest BCUT2D eigenvalue weighted by Gasteiger charge is 2.30. The predicted molar refractivity (Wildman–Crippen MR) is 93.7 cm³/mol. The lowest BCUT2D eigenvalue weighted by atomic mass is 10.0. The van der Waals surface area contributed by atoms with Crippen LogP contribution in [0.5, 0.6) is 5.75 Å². The first-order valence-corrected chi connectivity index (χ1v) is 9.20. The van der Waals surface area contributed by atoms with Gasteiger partial charge in [-0.3, -0.25) is 0 Å². The maximum atomic E-state index is 12.9. The lowest BCUT2D eigenvalue weighted by molar-refractivity contribution is -0.137. The molecule has 1 heterocycles. The van der Waals surface area contributed by atoms with Crippen LogP contribution in [0, 0.1) is 0 Å². The zero-order valence-corrected chi connectivity index (χ0v) is 15.3. The van der Waals surface area contributed by atoms with Crippen LogP contribution in [-0.4, -0.2) is 19.4 Å². The van der Waals surface area contributed by atoms with Crippen molar-refractivity contribution in [3.8, 4) is 5.75 Å². The van der Waals surface area contributed by atoms with Crippen molar-refractivity contribution >= 4 is 17.7 Å². The Morgan fingerprint density at radius 1 is 1.26 bits per heavy atom. The van der Waals surface area contributed by atoms with E-state index in [1.54, 1.807) is 25.1 Å². The molecule has 2 aromatic carbocycles. The minimum atomic E-state index is -4.39. The summed E-state index contributed by atoms with van der Waals surface area (Å²) >= 11 is 1.24. The molecule has 3 rings (SSSR count). The van der Waals surface area contributed by atoms with Crippen LogP contribution in [0.15, 0.2) is 41.3 Å². The zero-order chi connectivity index (χ0) is 19.4. The van der Waals surface area contributed by atoms with E-state index in [0.717, 1.165) is 12.1 Å². The van der Waals surface area contributed by atoms with Crippen molar-refractivity contribution in [2.45, 2.75) is 30.4 Å². The molecule has 1 aliphatic heterocycles. The number of rotatable bonds is 5. The number of alkyl halides is 3. The van der Waals surface area contributed by atoms with Gasteiger partial charge in [-0.25, -0.2) is 4.79 Å². The summed E-state index contributed by atoms with van der Waals surface area (Å²) in [6, 6.07) is 8.45. The predicted octanol–water partition coefficient (Wildman–Crippen LogP) is 5.04. The summed E-state index contributed by atoms with van der Waals surface area (Å²) in [5.41, 5.74) is 1.09. The Morgan fingerprint density at radius 2 is 2.07 bits per heavy atom. The lowest BCUT2D eigenvalue weighted by Gasteiger charge is -2.21. The molecule has 144 valence electrons. The molecule has 2 aromatic rings. The molecule has 1 aliphatic rings. The van der Waals surface area contributed by atoms with Gasteiger partial charge in [0.2, 0.25) is 0 Å². The Kier molecular flexibility index (Phi) is 5.96. The van der Waals surface area contributed by atoms with E-state index in [-0.39, 0.29) is 13.4 Å².